The van der Waals surface area contributed by atoms with Crippen LogP contribution in [0.4, 0.5) is 5.69 Å². The van der Waals surface area contributed by atoms with Crippen molar-refractivity contribution in [2.75, 3.05) is 24.6 Å². The van der Waals surface area contributed by atoms with Crippen molar-refractivity contribution < 1.29 is 13.2 Å². The second-order valence-electron chi connectivity index (χ2n) is 5.55. The molecular formula is C16H19N3O3S. The number of primary sulfonamides is 1. The van der Waals surface area contributed by atoms with E-state index in [4.69, 9.17) is 9.88 Å². The molecule has 0 aliphatic carbocycles. The summed E-state index contributed by atoms with van der Waals surface area (Å²) >= 11 is 0. The SMILES string of the molecule is Cc1ccccc1C1CN(c2ccncc2S(N)(=O)=O)CCO1. The molecule has 1 aromatic carbocycles. The Labute approximate surface area is 136 Å². The van der Waals surface area contributed by atoms with Gasteiger partial charge in [-0.25, -0.2) is 13.6 Å². The van der Waals surface area contributed by atoms with Crippen LogP contribution in [0.3, 0.4) is 0 Å². The molecule has 1 aliphatic heterocycles. The van der Waals surface area contributed by atoms with Crippen LogP contribution < -0.4 is 10.0 Å². The van der Waals surface area contributed by atoms with Gasteiger partial charge in [0.25, 0.3) is 0 Å². The molecular weight excluding hydrogens is 314 g/mol. The molecule has 0 spiro atoms. The maximum atomic E-state index is 11.8. The lowest BCUT2D eigenvalue weighted by Gasteiger charge is -2.35. The minimum Gasteiger partial charge on any atom is -0.370 e. The summed E-state index contributed by atoms with van der Waals surface area (Å²) in [5.74, 6) is 0. The van der Waals surface area contributed by atoms with E-state index in [0.29, 0.717) is 25.4 Å². The molecule has 1 unspecified atom stereocenters. The van der Waals surface area contributed by atoms with Gasteiger partial charge in [-0.2, -0.15) is 0 Å². The van der Waals surface area contributed by atoms with Gasteiger partial charge >= 0.3 is 0 Å². The number of aryl methyl sites for hydroxylation is 1. The Morgan fingerprint density at radius 2 is 2.09 bits per heavy atom. The maximum Gasteiger partial charge on any atom is 0.241 e. The lowest BCUT2D eigenvalue weighted by atomic mass is 10.0. The third kappa shape index (κ3) is 3.36. The van der Waals surface area contributed by atoms with E-state index in [9.17, 15) is 8.42 Å². The predicted molar refractivity (Wildman–Crippen MR) is 87.7 cm³/mol. The van der Waals surface area contributed by atoms with Crippen LogP contribution in [0.1, 0.15) is 17.2 Å². The van der Waals surface area contributed by atoms with E-state index in [0.717, 1.165) is 11.1 Å². The molecule has 0 radical (unpaired) electrons. The summed E-state index contributed by atoms with van der Waals surface area (Å²) in [4.78, 5) is 5.92. The number of aromatic nitrogens is 1. The smallest absolute Gasteiger partial charge is 0.241 e. The molecule has 1 saturated heterocycles. The molecule has 1 atom stereocenters. The van der Waals surface area contributed by atoms with Gasteiger partial charge in [0.05, 0.1) is 12.3 Å². The van der Waals surface area contributed by atoms with Crippen LogP contribution in [-0.4, -0.2) is 33.1 Å². The molecule has 0 bridgehead atoms. The predicted octanol–water partition coefficient (Wildman–Crippen LogP) is 1.62. The number of sulfonamides is 1. The van der Waals surface area contributed by atoms with Gasteiger partial charge in [0.15, 0.2) is 0 Å². The Kier molecular flexibility index (Phi) is 4.34. The number of ether oxygens (including phenoxy) is 1. The van der Waals surface area contributed by atoms with Crippen LogP contribution >= 0.6 is 0 Å². The van der Waals surface area contributed by atoms with Crippen LogP contribution in [0.25, 0.3) is 0 Å². The molecule has 0 amide bonds. The van der Waals surface area contributed by atoms with Crippen molar-refractivity contribution in [3.63, 3.8) is 0 Å². The first-order valence-electron chi connectivity index (χ1n) is 7.35. The van der Waals surface area contributed by atoms with Gasteiger partial charge in [-0.05, 0) is 24.1 Å². The first-order chi connectivity index (χ1) is 11.0. The van der Waals surface area contributed by atoms with Gasteiger partial charge in [-0.3, -0.25) is 4.98 Å². The Morgan fingerprint density at radius 1 is 1.30 bits per heavy atom. The van der Waals surface area contributed by atoms with E-state index in [1.807, 2.05) is 36.1 Å². The molecule has 1 aliphatic rings. The zero-order chi connectivity index (χ0) is 16.4. The van der Waals surface area contributed by atoms with Crippen molar-refractivity contribution in [2.24, 2.45) is 5.14 Å². The molecule has 2 aromatic rings. The normalized spacial score (nSPS) is 18.9. The van der Waals surface area contributed by atoms with Crippen LogP contribution in [-0.2, 0) is 14.8 Å². The first-order valence-corrected chi connectivity index (χ1v) is 8.90. The van der Waals surface area contributed by atoms with Gasteiger partial charge in [0.1, 0.15) is 11.0 Å². The minimum atomic E-state index is -3.82. The molecule has 6 nitrogen and oxygen atoms in total. The fourth-order valence-electron chi connectivity index (χ4n) is 2.86. The largest absolute Gasteiger partial charge is 0.370 e. The third-order valence-electron chi connectivity index (χ3n) is 4.01. The molecule has 2 heterocycles. The number of hydrogen-bond donors (Lipinski definition) is 1. The zero-order valence-electron chi connectivity index (χ0n) is 12.8. The van der Waals surface area contributed by atoms with Crippen LogP contribution in [0, 0.1) is 6.92 Å². The average molecular weight is 333 g/mol. The number of rotatable bonds is 3. The quantitative estimate of drug-likeness (QED) is 0.922. The summed E-state index contributed by atoms with van der Waals surface area (Å²) in [6, 6.07) is 9.73. The van der Waals surface area contributed by atoms with Gasteiger partial charge < -0.3 is 9.64 Å². The highest BCUT2D eigenvalue weighted by molar-refractivity contribution is 7.89. The standard InChI is InChI=1S/C16H19N3O3S/c1-12-4-2-3-5-13(12)15-11-19(8-9-22-15)14-6-7-18-10-16(14)23(17,20)21/h2-7,10,15H,8-9,11H2,1H3,(H2,17,20,21). The molecule has 1 aromatic heterocycles. The summed E-state index contributed by atoms with van der Waals surface area (Å²) in [7, 11) is -3.82. The Balaban J connectivity index is 1.93. The monoisotopic (exact) mass is 333 g/mol. The van der Waals surface area contributed by atoms with E-state index >= 15 is 0 Å². The average Bonchev–Trinajstić information content (AvgIpc) is 2.55. The second-order valence-corrected chi connectivity index (χ2v) is 7.08. The summed E-state index contributed by atoms with van der Waals surface area (Å²) in [6.45, 7) is 3.73. The number of anilines is 1. The Hall–Kier alpha value is -1.96. The maximum absolute atomic E-state index is 11.8. The number of nitrogens with zero attached hydrogens (tertiary/aromatic N) is 2. The summed E-state index contributed by atoms with van der Waals surface area (Å²) in [5, 5.41) is 5.31. The van der Waals surface area contributed by atoms with Crippen molar-refractivity contribution in [3.8, 4) is 0 Å². The van der Waals surface area contributed by atoms with Crippen molar-refractivity contribution in [1.82, 2.24) is 4.98 Å². The second kappa shape index (κ2) is 6.27. The molecule has 1 fully saturated rings. The highest BCUT2D eigenvalue weighted by atomic mass is 32.2. The third-order valence-corrected chi connectivity index (χ3v) is 4.94. The van der Waals surface area contributed by atoms with Crippen molar-refractivity contribution >= 4 is 15.7 Å². The number of morpholine rings is 1. The first kappa shape index (κ1) is 15.9. The summed E-state index contributed by atoms with van der Waals surface area (Å²) in [5.41, 5.74) is 2.84. The molecule has 0 saturated carbocycles. The van der Waals surface area contributed by atoms with Crippen LogP contribution in [0.5, 0.6) is 0 Å². The lowest BCUT2D eigenvalue weighted by Crippen LogP contribution is -2.39. The molecule has 3 rings (SSSR count). The summed E-state index contributed by atoms with van der Waals surface area (Å²) < 4.78 is 29.4. The van der Waals surface area contributed by atoms with Crippen molar-refractivity contribution in [1.29, 1.82) is 0 Å². The van der Waals surface area contributed by atoms with E-state index in [2.05, 4.69) is 4.98 Å². The number of pyridine rings is 1. The fourth-order valence-corrected chi connectivity index (χ4v) is 3.55. The Morgan fingerprint density at radius 3 is 2.83 bits per heavy atom. The minimum absolute atomic E-state index is 0.0467. The molecule has 23 heavy (non-hydrogen) atoms. The number of nitrogens with two attached hydrogens (primary N) is 1. The Bertz CT molecular complexity index is 808. The highest BCUT2D eigenvalue weighted by Gasteiger charge is 2.26. The van der Waals surface area contributed by atoms with Gasteiger partial charge in [0, 0.05) is 25.5 Å². The van der Waals surface area contributed by atoms with Crippen molar-refractivity contribution in [2.45, 2.75) is 17.9 Å². The highest BCUT2D eigenvalue weighted by Crippen LogP contribution is 2.30. The van der Waals surface area contributed by atoms with Gasteiger partial charge in [-0.1, -0.05) is 24.3 Å². The van der Waals surface area contributed by atoms with E-state index in [1.54, 1.807) is 12.3 Å². The fraction of sp³-hybridized carbons (Fsp3) is 0.312. The summed E-state index contributed by atoms with van der Waals surface area (Å²) in [6.07, 6.45) is 2.76. The van der Waals surface area contributed by atoms with Crippen LogP contribution in [0.2, 0.25) is 0 Å². The van der Waals surface area contributed by atoms with E-state index in [-0.39, 0.29) is 11.0 Å². The lowest BCUT2D eigenvalue weighted by molar-refractivity contribution is 0.0392. The zero-order valence-corrected chi connectivity index (χ0v) is 13.7. The van der Waals surface area contributed by atoms with E-state index < -0.39 is 10.0 Å². The molecule has 2 N–H and O–H groups in total. The van der Waals surface area contributed by atoms with Gasteiger partial charge in [0.2, 0.25) is 10.0 Å². The molecule has 122 valence electrons. The number of benzene rings is 1. The van der Waals surface area contributed by atoms with E-state index in [1.165, 1.54) is 6.20 Å². The topological polar surface area (TPSA) is 85.5 Å². The molecule has 7 heteroatoms. The van der Waals surface area contributed by atoms with Crippen LogP contribution in [0.15, 0.2) is 47.6 Å². The van der Waals surface area contributed by atoms with Gasteiger partial charge in [-0.15, -0.1) is 0 Å². The van der Waals surface area contributed by atoms with Crippen molar-refractivity contribution in [3.05, 3.63) is 53.9 Å². The number of hydrogen-bond acceptors (Lipinski definition) is 5.